The lowest BCUT2D eigenvalue weighted by molar-refractivity contribution is 0.0950. The summed E-state index contributed by atoms with van der Waals surface area (Å²) in [6.45, 7) is 4.39. The second kappa shape index (κ2) is 8.33. The minimum absolute atomic E-state index is 0.169. The van der Waals surface area contributed by atoms with Gasteiger partial charge in [-0.15, -0.1) is 11.3 Å². The standard InChI is InChI=1S/C22H21FN4O2S/c1-13-9-14(2)27(26-13)19-8-7-15(10-24-19)11-25-22(28)21-16(12-29-3)20-17(23)5-4-6-18(20)30-21/h4-10H,11-12H2,1-3H3,(H,25,28). The number of aromatic nitrogens is 3. The number of pyridine rings is 1. The molecule has 0 saturated carbocycles. The zero-order chi connectivity index (χ0) is 21.3. The van der Waals surface area contributed by atoms with Gasteiger partial charge in [-0.05, 0) is 43.7 Å². The van der Waals surface area contributed by atoms with E-state index in [1.165, 1.54) is 24.5 Å². The van der Waals surface area contributed by atoms with Crippen LogP contribution in [0, 0.1) is 19.7 Å². The highest BCUT2D eigenvalue weighted by molar-refractivity contribution is 7.21. The number of benzene rings is 1. The molecule has 0 aliphatic heterocycles. The molecule has 4 aromatic rings. The minimum atomic E-state index is -0.348. The summed E-state index contributed by atoms with van der Waals surface area (Å²) in [4.78, 5) is 17.7. The van der Waals surface area contributed by atoms with Gasteiger partial charge in [0.1, 0.15) is 5.82 Å². The molecule has 1 N–H and O–H groups in total. The maximum Gasteiger partial charge on any atom is 0.262 e. The Morgan fingerprint density at radius 1 is 1.27 bits per heavy atom. The Bertz CT molecular complexity index is 1210. The second-order valence-corrected chi connectivity index (χ2v) is 8.05. The smallest absolute Gasteiger partial charge is 0.262 e. The summed E-state index contributed by atoms with van der Waals surface area (Å²) < 4.78 is 22.0. The lowest BCUT2D eigenvalue weighted by Crippen LogP contribution is -2.23. The average molecular weight is 425 g/mol. The van der Waals surface area contributed by atoms with E-state index in [9.17, 15) is 9.18 Å². The van der Waals surface area contributed by atoms with Gasteiger partial charge in [-0.1, -0.05) is 12.1 Å². The van der Waals surface area contributed by atoms with Crippen molar-refractivity contribution in [3.63, 3.8) is 0 Å². The molecule has 0 radical (unpaired) electrons. The highest BCUT2D eigenvalue weighted by Gasteiger charge is 2.20. The third-order valence-electron chi connectivity index (χ3n) is 4.75. The fourth-order valence-electron chi connectivity index (χ4n) is 3.40. The number of rotatable bonds is 6. The molecule has 0 aliphatic rings. The van der Waals surface area contributed by atoms with Crippen LogP contribution in [0.2, 0.25) is 0 Å². The SMILES string of the molecule is COCc1c(C(=O)NCc2ccc(-n3nc(C)cc3C)nc2)sc2cccc(F)c12. The molecule has 0 unspecified atom stereocenters. The van der Waals surface area contributed by atoms with Crippen LogP contribution in [0.1, 0.15) is 32.2 Å². The van der Waals surface area contributed by atoms with Crippen LogP contribution in [0.3, 0.4) is 0 Å². The number of fused-ring (bicyclic) bond motifs is 1. The summed E-state index contributed by atoms with van der Waals surface area (Å²) >= 11 is 1.27. The molecule has 6 nitrogen and oxygen atoms in total. The van der Waals surface area contributed by atoms with Gasteiger partial charge in [-0.3, -0.25) is 4.79 Å². The van der Waals surface area contributed by atoms with Gasteiger partial charge in [0, 0.05) is 41.2 Å². The molecule has 3 heterocycles. The summed E-state index contributed by atoms with van der Waals surface area (Å²) in [6, 6.07) is 10.6. The van der Waals surface area contributed by atoms with E-state index in [1.54, 1.807) is 23.0 Å². The summed E-state index contributed by atoms with van der Waals surface area (Å²) in [6.07, 6.45) is 1.72. The normalized spacial score (nSPS) is 11.2. The molecular formula is C22H21FN4O2S. The number of amides is 1. The Balaban J connectivity index is 1.52. The zero-order valence-electron chi connectivity index (χ0n) is 16.9. The molecule has 154 valence electrons. The molecule has 1 aromatic carbocycles. The van der Waals surface area contributed by atoms with E-state index in [1.807, 2.05) is 32.0 Å². The number of carbonyl (C=O) groups is 1. The highest BCUT2D eigenvalue weighted by atomic mass is 32.1. The van der Waals surface area contributed by atoms with Crippen molar-refractivity contribution >= 4 is 27.3 Å². The molecule has 0 fully saturated rings. The van der Waals surface area contributed by atoms with Gasteiger partial charge in [0.15, 0.2) is 5.82 Å². The monoisotopic (exact) mass is 424 g/mol. The van der Waals surface area contributed by atoms with Crippen molar-refractivity contribution in [2.24, 2.45) is 0 Å². The van der Waals surface area contributed by atoms with Crippen molar-refractivity contribution in [2.75, 3.05) is 7.11 Å². The number of halogens is 1. The predicted octanol–water partition coefficient (Wildman–Crippen LogP) is 4.31. The van der Waals surface area contributed by atoms with Crippen molar-refractivity contribution in [3.05, 3.63) is 75.8 Å². The Hall–Kier alpha value is -3.10. The summed E-state index contributed by atoms with van der Waals surface area (Å²) in [5.41, 5.74) is 3.36. The van der Waals surface area contributed by atoms with Crippen LogP contribution in [0.25, 0.3) is 15.9 Å². The third kappa shape index (κ3) is 3.83. The lowest BCUT2D eigenvalue weighted by atomic mass is 10.1. The van der Waals surface area contributed by atoms with Crippen molar-refractivity contribution in [3.8, 4) is 5.82 Å². The maximum atomic E-state index is 14.3. The molecule has 0 atom stereocenters. The first kappa shape index (κ1) is 20.2. The number of methoxy groups -OCH3 is 1. The first-order chi connectivity index (χ1) is 14.5. The minimum Gasteiger partial charge on any atom is -0.380 e. The van der Waals surface area contributed by atoms with Crippen LogP contribution in [0.5, 0.6) is 0 Å². The van der Waals surface area contributed by atoms with E-state index in [0.29, 0.717) is 22.4 Å². The molecule has 4 rings (SSSR count). The van der Waals surface area contributed by atoms with E-state index in [4.69, 9.17) is 4.74 Å². The number of carbonyl (C=O) groups excluding carboxylic acids is 1. The lowest BCUT2D eigenvalue weighted by Gasteiger charge is -2.08. The predicted molar refractivity (Wildman–Crippen MR) is 114 cm³/mol. The van der Waals surface area contributed by atoms with Gasteiger partial charge in [-0.2, -0.15) is 5.10 Å². The first-order valence-corrected chi connectivity index (χ1v) is 10.2. The van der Waals surface area contributed by atoms with Crippen molar-refractivity contribution in [1.29, 1.82) is 0 Å². The van der Waals surface area contributed by atoms with Crippen molar-refractivity contribution in [2.45, 2.75) is 27.0 Å². The first-order valence-electron chi connectivity index (χ1n) is 9.43. The van der Waals surface area contributed by atoms with Crippen molar-refractivity contribution in [1.82, 2.24) is 20.1 Å². The molecule has 1 amide bonds. The van der Waals surface area contributed by atoms with Gasteiger partial charge in [0.2, 0.25) is 0 Å². The molecule has 0 spiro atoms. The topological polar surface area (TPSA) is 69.0 Å². The Morgan fingerprint density at radius 2 is 2.10 bits per heavy atom. The molecule has 3 aromatic heterocycles. The summed E-state index contributed by atoms with van der Waals surface area (Å²) in [7, 11) is 1.53. The Labute approximate surface area is 177 Å². The van der Waals surface area contributed by atoms with Gasteiger partial charge >= 0.3 is 0 Å². The number of hydrogen-bond donors (Lipinski definition) is 1. The number of thiophene rings is 1. The molecule has 8 heteroatoms. The van der Waals surface area contributed by atoms with Gasteiger partial charge in [0.05, 0.1) is 17.2 Å². The fraction of sp³-hybridized carbons (Fsp3) is 0.227. The molecule has 0 bridgehead atoms. The quantitative estimate of drug-likeness (QED) is 0.501. The molecule has 30 heavy (non-hydrogen) atoms. The van der Waals surface area contributed by atoms with Gasteiger partial charge in [0.25, 0.3) is 5.91 Å². The number of nitrogens with zero attached hydrogens (tertiary/aromatic N) is 3. The summed E-state index contributed by atoms with van der Waals surface area (Å²) in [5, 5.41) is 7.77. The van der Waals surface area contributed by atoms with Crippen LogP contribution >= 0.6 is 11.3 Å². The van der Waals surface area contributed by atoms with E-state index in [-0.39, 0.29) is 18.3 Å². The number of hydrogen-bond acceptors (Lipinski definition) is 5. The third-order valence-corrected chi connectivity index (χ3v) is 5.94. The van der Waals surface area contributed by atoms with E-state index in [0.717, 1.165) is 27.5 Å². The zero-order valence-corrected chi connectivity index (χ0v) is 17.7. The maximum absolute atomic E-state index is 14.3. The fourth-order valence-corrected chi connectivity index (χ4v) is 4.54. The van der Waals surface area contributed by atoms with E-state index >= 15 is 0 Å². The number of ether oxygens (including phenoxy) is 1. The average Bonchev–Trinajstić information content (AvgIpc) is 3.27. The Kier molecular flexibility index (Phi) is 5.61. The second-order valence-electron chi connectivity index (χ2n) is 7.00. The van der Waals surface area contributed by atoms with Crippen LogP contribution in [0.4, 0.5) is 4.39 Å². The summed E-state index contributed by atoms with van der Waals surface area (Å²) in [5.74, 6) is 0.113. The molecule has 0 saturated heterocycles. The van der Waals surface area contributed by atoms with Gasteiger partial charge < -0.3 is 10.1 Å². The van der Waals surface area contributed by atoms with Gasteiger partial charge in [-0.25, -0.2) is 14.1 Å². The molecular weight excluding hydrogens is 403 g/mol. The largest absolute Gasteiger partial charge is 0.380 e. The van der Waals surface area contributed by atoms with Crippen LogP contribution in [-0.2, 0) is 17.9 Å². The number of aryl methyl sites for hydroxylation is 2. The van der Waals surface area contributed by atoms with Crippen molar-refractivity contribution < 1.29 is 13.9 Å². The highest BCUT2D eigenvalue weighted by Crippen LogP contribution is 2.33. The molecule has 0 aliphatic carbocycles. The van der Waals surface area contributed by atoms with E-state index in [2.05, 4.69) is 15.4 Å². The van der Waals surface area contributed by atoms with E-state index < -0.39 is 0 Å². The van der Waals surface area contributed by atoms with Crippen LogP contribution in [0.15, 0.2) is 42.6 Å². The number of nitrogens with one attached hydrogen (secondary N) is 1. The van der Waals surface area contributed by atoms with Crippen LogP contribution in [-0.4, -0.2) is 27.8 Å². The Morgan fingerprint density at radius 3 is 2.77 bits per heavy atom. The van der Waals surface area contributed by atoms with Crippen LogP contribution < -0.4 is 5.32 Å².